The number of thiazole rings is 1. The van der Waals surface area contributed by atoms with Crippen LogP contribution in [0.3, 0.4) is 0 Å². The van der Waals surface area contributed by atoms with E-state index in [4.69, 9.17) is 0 Å². The molecule has 0 bridgehead atoms. The minimum Gasteiger partial charge on any atom is -0.287 e. The van der Waals surface area contributed by atoms with E-state index in [1.165, 1.54) is 18.7 Å². The Labute approximate surface area is 108 Å². The van der Waals surface area contributed by atoms with Crippen molar-refractivity contribution in [2.45, 2.75) is 24.0 Å². The van der Waals surface area contributed by atoms with Crippen LogP contribution in [0.25, 0.3) is 10.3 Å². The molecule has 2 heterocycles. The van der Waals surface area contributed by atoms with E-state index in [0.29, 0.717) is 8.91 Å². The number of rotatable bonds is 2. The van der Waals surface area contributed by atoms with Crippen molar-refractivity contribution in [3.05, 3.63) is 16.2 Å². The van der Waals surface area contributed by atoms with Crippen molar-refractivity contribution in [3.63, 3.8) is 0 Å². The fourth-order valence-electron chi connectivity index (χ4n) is 1.49. The van der Waals surface area contributed by atoms with Gasteiger partial charge >= 0.3 is 6.18 Å². The van der Waals surface area contributed by atoms with Crippen molar-refractivity contribution in [3.8, 4) is 0 Å². The van der Waals surface area contributed by atoms with Crippen LogP contribution in [0.4, 0.5) is 13.2 Å². The van der Waals surface area contributed by atoms with E-state index in [0.717, 1.165) is 11.3 Å². The quantitative estimate of drug-likeness (QED) is 0.799. The molecule has 9 heteroatoms. The van der Waals surface area contributed by atoms with Crippen molar-refractivity contribution in [1.82, 2.24) is 14.5 Å². The summed E-state index contributed by atoms with van der Waals surface area (Å²) in [5.41, 5.74) is -0.745. The van der Waals surface area contributed by atoms with Crippen LogP contribution in [0, 0.1) is 0 Å². The lowest BCUT2D eigenvalue weighted by molar-refractivity contribution is -0.147. The molecule has 2 rings (SSSR count). The van der Waals surface area contributed by atoms with Crippen molar-refractivity contribution in [1.29, 1.82) is 0 Å². The summed E-state index contributed by atoms with van der Waals surface area (Å²) in [6.45, 7) is 1.37. The first-order valence-electron chi connectivity index (χ1n) is 4.91. The van der Waals surface area contributed by atoms with Gasteiger partial charge in [-0.2, -0.15) is 13.2 Å². The molecule has 0 saturated heterocycles. The van der Waals surface area contributed by atoms with Crippen molar-refractivity contribution >= 4 is 33.4 Å². The fourth-order valence-corrected chi connectivity index (χ4v) is 2.90. The van der Waals surface area contributed by atoms with Gasteiger partial charge in [-0.05, 0) is 13.2 Å². The average molecular weight is 295 g/mol. The normalized spacial score (nSPS) is 12.3. The zero-order valence-corrected chi connectivity index (χ0v) is 11.0. The minimum absolute atomic E-state index is 0.000741. The molecule has 4 nitrogen and oxygen atoms in total. The number of halogens is 3. The molecular formula is C9H8F3N3OS2. The summed E-state index contributed by atoms with van der Waals surface area (Å²) in [5, 5.41) is 0. The van der Waals surface area contributed by atoms with Gasteiger partial charge in [-0.3, -0.25) is 9.36 Å². The molecule has 0 unspecified atom stereocenters. The summed E-state index contributed by atoms with van der Waals surface area (Å²) in [6.07, 6.45) is -2.91. The van der Waals surface area contributed by atoms with Gasteiger partial charge in [0.2, 0.25) is 5.82 Å². The Morgan fingerprint density at radius 3 is 2.56 bits per heavy atom. The SMILES string of the molecule is CCn1c(C(F)(F)F)nc2sc(SC)nc2c1=O. The van der Waals surface area contributed by atoms with Gasteiger partial charge in [0.25, 0.3) is 5.56 Å². The highest BCUT2D eigenvalue weighted by atomic mass is 32.2. The molecule has 0 spiro atoms. The Morgan fingerprint density at radius 1 is 1.39 bits per heavy atom. The molecular weight excluding hydrogens is 287 g/mol. The van der Waals surface area contributed by atoms with E-state index in [9.17, 15) is 18.0 Å². The van der Waals surface area contributed by atoms with Gasteiger partial charge in [0.15, 0.2) is 14.7 Å². The maximum atomic E-state index is 12.8. The molecule has 0 aliphatic heterocycles. The summed E-state index contributed by atoms with van der Waals surface area (Å²) in [5.74, 6) is -1.17. The second-order valence-electron chi connectivity index (χ2n) is 3.32. The first-order valence-corrected chi connectivity index (χ1v) is 6.95. The maximum absolute atomic E-state index is 12.8. The predicted octanol–water partition coefficient (Wildman–Crippen LogP) is 2.61. The standard InChI is InChI=1S/C9H8F3N3OS2/c1-3-15-6(16)4-5(18-8(13-4)17-2)14-7(15)9(10,11)12/h3H2,1-2H3. The third-order valence-corrected chi connectivity index (χ3v) is 4.18. The second-order valence-corrected chi connectivity index (χ2v) is 5.35. The van der Waals surface area contributed by atoms with Crippen molar-refractivity contribution in [2.24, 2.45) is 0 Å². The van der Waals surface area contributed by atoms with E-state index >= 15 is 0 Å². The van der Waals surface area contributed by atoms with Crippen LogP contribution in [-0.4, -0.2) is 20.8 Å². The van der Waals surface area contributed by atoms with Crippen LogP contribution < -0.4 is 5.56 Å². The molecule has 0 aliphatic rings. The van der Waals surface area contributed by atoms with E-state index in [2.05, 4.69) is 9.97 Å². The number of alkyl halides is 3. The Hall–Kier alpha value is -1.09. The van der Waals surface area contributed by atoms with E-state index in [-0.39, 0.29) is 16.9 Å². The Kier molecular flexibility index (Phi) is 3.37. The molecule has 0 saturated carbocycles. The average Bonchev–Trinajstić information content (AvgIpc) is 2.71. The number of hydrogen-bond acceptors (Lipinski definition) is 5. The number of hydrogen-bond donors (Lipinski definition) is 0. The topological polar surface area (TPSA) is 47.8 Å². The predicted molar refractivity (Wildman–Crippen MR) is 64.1 cm³/mol. The second kappa shape index (κ2) is 4.54. The van der Waals surface area contributed by atoms with Gasteiger partial charge in [-0.1, -0.05) is 23.1 Å². The molecule has 0 aromatic carbocycles. The summed E-state index contributed by atoms with van der Waals surface area (Å²) >= 11 is 2.26. The highest BCUT2D eigenvalue weighted by Crippen LogP contribution is 2.30. The zero-order valence-electron chi connectivity index (χ0n) is 9.41. The van der Waals surface area contributed by atoms with Crippen LogP contribution in [0.2, 0.25) is 0 Å². The van der Waals surface area contributed by atoms with Crippen molar-refractivity contribution < 1.29 is 13.2 Å². The molecule has 0 atom stereocenters. The van der Waals surface area contributed by atoms with Gasteiger partial charge in [0.05, 0.1) is 0 Å². The van der Waals surface area contributed by atoms with Gasteiger partial charge in [0, 0.05) is 6.54 Å². The summed E-state index contributed by atoms with van der Waals surface area (Å²) < 4.78 is 39.5. The lowest BCUT2D eigenvalue weighted by atomic mass is 10.4. The van der Waals surface area contributed by atoms with Crippen LogP contribution in [0.5, 0.6) is 0 Å². The van der Waals surface area contributed by atoms with Gasteiger partial charge in [-0.15, -0.1) is 0 Å². The number of fused-ring (bicyclic) bond motifs is 1. The first-order chi connectivity index (χ1) is 8.38. The third kappa shape index (κ3) is 2.12. The minimum atomic E-state index is -4.65. The van der Waals surface area contributed by atoms with E-state index in [1.807, 2.05) is 0 Å². The lowest BCUT2D eigenvalue weighted by Crippen LogP contribution is -2.29. The van der Waals surface area contributed by atoms with Gasteiger partial charge in [0.1, 0.15) is 0 Å². The third-order valence-electron chi connectivity index (χ3n) is 2.24. The van der Waals surface area contributed by atoms with Crippen LogP contribution in [-0.2, 0) is 12.7 Å². The van der Waals surface area contributed by atoms with Crippen LogP contribution in [0.1, 0.15) is 12.7 Å². The monoisotopic (exact) mass is 295 g/mol. The summed E-state index contributed by atoms with van der Waals surface area (Å²) in [6, 6.07) is 0. The van der Waals surface area contributed by atoms with Crippen molar-refractivity contribution in [2.75, 3.05) is 6.26 Å². The molecule has 0 radical (unpaired) electrons. The highest BCUT2D eigenvalue weighted by Gasteiger charge is 2.37. The molecule has 0 N–H and O–H groups in total. The Morgan fingerprint density at radius 2 is 2.06 bits per heavy atom. The zero-order chi connectivity index (χ0) is 13.5. The first kappa shape index (κ1) is 13.3. The molecule has 0 aliphatic carbocycles. The molecule has 0 fully saturated rings. The number of aromatic nitrogens is 3. The molecule has 18 heavy (non-hydrogen) atoms. The smallest absolute Gasteiger partial charge is 0.287 e. The number of thioether (sulfide) groups is 1. The largest absolute Gasteiger partial charge is 0.449 e. The van der Waals surface area contributed by atoms with Gasteiger partial charge < -0.3 is 0 Å². The molecule has 0 amide bonds. The van der Waals surface area contributed by atoms with Crippen LogP contribution in [0.15, 0.2) is 9.13 Å². The Bertz CT molecular complexity index is 647. The number of nitrogens with zero attached hydrogens (tertiary/aromatic N) is 3. The molecule has 2 aromatic rings. The lowest BCUT2D eigenvalue weighted by Gasteiger charge is -2.11. The van der Waals surface area contributed by atoms with Crippen LogP contribution >= 0.6 is 23.1 Å². The molecule has 2 aromatic heterocycles. The molecule has 98 valence electrons. The highest BCUT2D eigenvalue weighted by molar-refractivity contribution is 8.00. The Balaban J connectivity index is 2.84. The summed E-state index contributed by atoms with van der Waals surface area (Å²) in [7, 11) is 0. The van der Waals surface area contributed by atoms with E-state index < -0.39 is 17.6 Å². The summed E-state index contributed by atoms with van der Waals surface area (Å²) in [4.78, 5) is 19.5. The maximum Gasteiger partial charge on any atom is 0.449 e. The van der Waals surface area contributed by atoms with Gasteiger partial charge in [-0.25, -0.2) is 9.97 Å². The van der Waals surface area contributed by atoms with E-state index in [1.54, 1.807) is 6.26 Å². The fraction of sp³-hybridized carbons (Fsp3) is 0.444.